The molecular weight excluding hydrogens is 346 g/mol. The van der Waals surface area contributed by atoms with Gasteiger partial charge >= 0.3 is 0 Å². The van der Waals surface area contributed by atoms with Crippen molar-refractivity contribution in [2.24, 2.45) is 0 Å². The molecule has 0 bridgehead atoms. The van der Waals surface area contributed by atoms with E-state index in [4.69, 9.17) is 11.6 Å². The Morgan fingerprint density at radius 1 is 1.04 bits per heavy atom. The number of rotatable bonds is 2. The summed E-state index contributed by atoms with van der Waals surface area (Å²) in [6.07, 6.45) is 4.46. The molecule has 0 fully saturated rings. The molecule has 1 aliphatic heterocycles. The van der Waals surface area contributed by atoms with E-state index in [-0.39, 0.29) is 0 Å². The zero-order chi connectivity index (χ0) is 17.7. The van der Waals surface area contributed by atoms with E-state index in [2.05, 4.69) is 44.2 Å². The Labute approximate surface area is 155 Å². The van der Waals surface area contributed by atoms with Crippen molar-refractivity contribution in [2.45, 2.75) is 13.3 Å². The van der Waals surface area contributed by atoms with E-state index in [1.54, 1.807) is 6.33 Å². The SMILES string of the molecule is Cc1ccc(Cl)cc1-n1ncc2c(N3CCc4ccccc43)ncnc21. The molecule has 2 aromatic heterocycles. The molecule has 1 aliphatic rings. The topological polar surface area (TPSA) is 46.8 Å². The molecule has 4 aromatic rings. The van der Waals surface area contributed by atoms with E-state index in [0.29, 0.717) is 5.02 Å². The van der Waals surface area contributed by atoms with Crippen LogP contribution in [-0.4, -0.2) is 26.3 Å². The van der Waals surface area contributed by atoms with Crippen LogP contribution in [0.2, 0.25) is 5.02 Å². The largest absolute Gasteiger partial charge is 0.325 e. The third-order valence-electron chi connectivity index (χ3n) is 4.89. The third-order valence-corrected chi connectivity index (χ3v) is 5.12. The molecule has 0 radical (unpaired) electrons. The van der Waals surface area contributed by atoms with Crippen LogP contribution in [0.3, 0.4) is 0 Å². The van der Waals surface area contributed by atoms with E-state index in [9.17, 15) is 0 Å². The smallest absolute Gasteiger partial charge is 0.168 e. The summed E-state index contributed by atoms with van der Waals surface area (Å²) in [7, 11) is 0. The van der Waals surface area contributed by atoms with Crippen LogP contribution in [0.5, 0.6) is 0 Å². The van der Waals surface area contributed by atoms with Gasteiger partial charge in [-0.2, -0.15) is 5.10 Å². The molecule has 0 atom stereocenters. The highest BCUT2D eigenvalue weighted by Crippen LogP contribution is 2.36. The summed E-state index contributed by atoms with van der Waals surface area (Å²) >= 11 is 6.19. The molecule has 5 nitrogen and oxygen atoms in total. The molecule has 0 saturated heterocycles. The van der Waals surface area contributed by atoms with Gasteiger partial charge in [0.05, 0.1) is 17.3 Å². The maximum Gasteiger partial charge on any atom is 0.168 e. The molecule has 0 unspecified atom stereocenters. The molecule has 2 aromatic carbocycles. The quantitative estimate of drug-likeness (QED) is 0.528. The minimum atomic E-state index is 0.678. The summed E-state index contributed by atoms with van der Waals surface area (Å²) < 4.78 is 1.84. The molecule has 0 spiro atoms. The second-order valence-electron chi connectivity index (χ2n) is 6.45. The molecule has 5 rings (SSSR count). The highest BCUT2D eigenvalue weighted by molar-refractivity contribution is 6.30. The van der Waals surface area contributed by atoms with Crippen molar-refractivity contribution >= 4 is 34.1 Å². The van der Waals surface area contributed by atoms with Gasteiger partial charge in [-0.25, -0.2) is 14.6 Å². The average Bonchev–Trinajstić information content (AvgIpc) is 3.28. The number of hydrogen-bond donors (Lipinski definition) is 0. The lowest BCUT2D eigenvalue weighted by atomic mass is 10.2. The highest BCUT2D eigenvalue weighted by atomic mass is 35.5. The molecule has 0 saturated carbocycles. The molecule has 0 aliphatic carbocycles. The average molecular weight is 362 g/mol. The lowest BCUT2D eigenvalue weighted by Crippen LogP contribution is -2.15. The molecule has 128 valence electrons. The van der Waals surface area contributed by atoms with Gasteiger partial charge in [-0.05, 0) is 42.7 Å². The van der Waals surface area contributed by atoms with E-state index in [0.717, 1.165) is 41.1 Å². The third kappa shape index (κ3) is 2.28. The molecule has 3 heterocycles. The normalized spacial score (nSPS) is 13.4. The van der Waals surface area contributed by atoms with Crippen LogP contribution in [0.25, 0.3) is 16.7 Å². The summed E-state index contributed by atoms with van der Waals surface area (Å²) in [5.41, 5.74) is 5.35. The van der Waals surface area contributed by atoms with Crippen molar-refractivity contribution in [2.75, 3.05) is 11.4 Å². The summed E-state index contributed by atoms with van der Waals surface area (Å²) in [6, 6.07) is 14.2. The zero-order valence-electron chi connectivity index (χ0n) is 14.2. The van der Waals surface area contributed by atoms with Gasteiger partial charge in [-0.15, -0.1) is 0 Å². The van der Waals surface area contributed by atoms with Crippen LogP contribution in [0.4, 0.5) is 11.5 Å². The Kier molecular flexibility index (Phi) is 3.43. The van der Waals surface area contributed by atoms with Crippen LogP contribution in [-0.2, 0) is 6.42 Å². The first-order chi connectivity index (χ1) is 12.7. The summed E-state index contributed by atoms with van der Waals surface area (Å²) in [4.78, 5) is 11.3. The number of aromatic nitrogens is 4. The highest BCUT2D eigenvalue weighted by Gasteiger charge is 2.24. The van der Waals surface area contributed by atoms with Gasteiger partial charge in [0, 0.05) is 17.3 Å². The van der Waals surface area contributed by atoms with Gasteiger partial charge in [0.2, 0.25) is 0 Å². The fraction of sp³-hybridized carbons (Fsp3) is 0.150. The lowest BCUT2D eigenvalue weighted by molar-refractivity contribution is 0.886. The zero-order valence-corrected chi connectivity index (χ0v) is 15.0. The van der Waals surface area contributed by atoms with Crippen molar-refractivity contribution in [3.05, 3.63) is 71.1 Å². The summed E-state index contributed by atoms with van der Waals surface area (Å²) in [5.74, 6) is 0.894. The fourth-order valence-corrected chi connectivity index (χ4v) is 3.76. The number of aryl methyl sites for hydroxylation is 1. The first-order valence-electron chi connectivity index (χ1n) is 8.53. The number of fused-ring (bicyclic) bond motifs is 2. The maximum atomic E-state index is 6.19. The standard InChI is InChI=1S/C20H16ClN5/c1-13-6-7-15(21)10-18(13)26-20-16(11-24-26)19(22-12-23-20)25-9-8-14-4-2-3-5-17(14)25/h2-7,10-12H,8-9H2,1H3. The maximum absolute atomic E-state index is 6.19. The number of anilines is 2. The predicted octanol–water partition coefficient (Wildman–Crippen LogP) is 4.47. The van der Waals surface area contributed by atoms with E-state index in [1.807, 2.05) is 36.0 Å². The Hall–Kier alpha value is -2.92. The summed E-state index contributed by atoms with van der Waals surface area (Å²) in [5, 5.41) is 6.20. The Bertz CT molecular complexity index is 1130. The Morgan fingerprint density at radius 3 is 2.85 bits per heavy atom. The fourth-order valence-electron chi connectivity index (χ4n) is 3.59. The predicted molar refractivity (Wildman–Crippen MR) is 104 cm³/mol. The van der Waals surface area contributed by atoms with Crippen molar-refractivity contribution in [3.63, 3.8) is 0 Å². The number of benzene rings is 2. The first kappa shape index (κ1) is 15.3. The van der Waals surface area contributed by atoms with Crippen LogP contribution < -0.4 is 4.90 Å². The van der Waals surface area contributed by atoms with Crippen molar-refractivity contribution in [3.8, 4) is 5.69 Å². The molecule has 0 amide bonds. The van der Waals surface area contributed by atoms with Gasteiger partial charge in [-0.1, -0.05) is 35.9 Å². The second-order valence-corrected chi connectivity index (χ2v) is 6.89. The molecule has 26 heavy (non-hydrogen) atoms. The van der Waals surface area contributed by atoms with Crippen molar-refractivity contribution in [1.82, 2.24) is 19.7 Å². The monoisotopic (exact) mass is 361 g/mol. The molecule has 6 heteroatoms. The van der Waals surface area contributed by atoms with Gasteiger partial charge in [0.25, 0.3) is 0 Å². The number of nitrogens with zero attached hydrogens (tertiary/aromatic N) is 5. The summed E-state index contributed by atoms with van der Waals surface area (Å²) in [6.45, 7) is 2.95. The van der Waals surface area contributed by atoms with Crippen LogP contribution in [0.15, 0.2) is 55.0 Å². The van der Waals surface area contributed by atoms with Gasteiger partial charge in [0.15, 0.2) is 5.65 Å². The van der Waals surface area contributed by atoms with E-state index in [1.165, 1.54) is 11.3 Å². The van der Waals surface area contributed by atoms with Gasteiger partial charge < -0.3 is 4.90 Å². The van der Waals surface area contributed by atoms with Crippen LogP contribution in [0, 0.1) is 6.92 Å². The number of halogens is 1. The first-order valence-corrected chi connectivity index (χ1v) is 8.91. The van der Waals surface area contributed by atoms with Crippen molar-refractivity contribution < 1.29 is 0 Å². The van der Waals surface area contributed by atoms with Crippen LogP contribution >= 0.6 is 11.6 Å². The van der Waals surface area contributed by atoms with Crippen molar-refractivity contribution in [1.29, 1.82) is 0 Å². The molecular formula is C20H16ClN5. The Morgan fingerprint density at radius 2 is 1.92 bits per heavy atom. The second kappa shape index (κ2) is 5.81. The van der Waals surface area contributed by atoms with E-state index < -0.39 is 0 Å². The number of para-hydroxylation sites is 1. The van der Waals surface area contributed by atoms with E-state index >= 15 is 0 Å². The lowest BCUT2D eigenvalue weighted by Gasteiger charge is -2.18. The minimum Gasteiger partial charge on any atom is -0.325 e. The van der Waals surface area contributed by atoms with Crippen LogP contribution in [0.1, 0.15) is 11.1 Å². The minimum absolute atomic E-state index is 0.678. The Balaban J connectivity index is 1.69. The van der Waals surface area contributed by atoms with Gasteiger partial charge in [-0.3, -0.25) is 0 Å². The number of hydrogen-bond acceptors (Lipinski definition) is 4. The van der Waals surface area contributed by atoms with Gasteiger partial charge in [0.1, 0.15) is 12.1 Å². The molecule has 0 N–H and O–H groups in total.